The Balaban J connectivity index is 2.25. The Kier molecular flexibility index (Phi) is 2.92. The zero-order chi connectivity index (χ0) is 12.5. The zero-order valence-electron chi connectivity index (χ0n) is 10.6. The SMILES string of the molecule is CC(C)(C)c1ccc(Cc2ccn[nH]2)cc1N. The number of hydrogen-bond acceptors (Lipinski definition) is 2. The van der Waals surface area contributed by atoms with Gasteiger partial charge in [0, 0.05) is 24.0 Å². The van der Waals surface area contributed by atoms with Crippen LogP contribution in [0.3, 0.4) is 0 Å². The number of aromatic amines is 1. The summed E-state index contributed by atoms with van der Waals surface area (Å²) in [6.07, 6.45) is 2.61. The number of nitrogens with two attached hydrogens (primary N) is 1. The molecule has 1 heterocycles. The molecule has 2 rings (SSSR count). The van der Waals surface area contributed by atoms with Crippen LogP contribution in [0.5, 0.6) is 0 Å². The van der Waals surface area contributed by atoms with E-state index in [1.54, 1.807) is 6.20 Å². The molecule has 1 aromatic heterocycles. The molecule has 90 valence electrons. The van der Waals surface area contributed by atoms with Crippen LogP contribution < -0.4 is 5.73 Å². The highest BCUT2D eigenvalue weighted by atomic mass is 15.1. The highest BCUT2D eigenvalue weighted by molar-refractivity contribution is 5.52. The van der Waals surface area contributed by atoms with Crippen molar-refractivity contribution in [1.29, 1.82) is 0 Å². The second kappa shape index (κ2) is 4.24. The summed E-state index contributed by atoms with van der Waals surface area (Å²) in [7, 11) is 0. The summed E-state index contributed by atoms with van der Waals surface area (Å²) < 4.78 is 0. The molecule has 0 unspecified atom stereocenters. The molecular formula is C14H19N3. The number of hydrogen-bond donors (Lipinski definition) is 2. The van der Waals surface area contributed by atoms with Gasteiger partial charge in [-0.15, -0.1) is 0 Å². The van der Waals surface area contributed by atoms with Gasteiger partial charge in [-0.05, 0) is 28.7 Å². The third-order valence-corrected chi connectivity index (χ3v) is 2.88. The molecule has 3 nitrogen and oxygen atoms in total. The van der Waals surface area contributed by atoms with Crippen LogP contribution in [-0.4, -0.2) is 10.2 Å². The number of rotatable bonds is 2. The van der Waals surface area contributed by atoms with Gasteiger partial charge in [0.15, 0.2) is 0 Å². The summed E-state index contributed by atoms with van der Waals surface area (Å²) in [5.74, 6) is 0. The lowest BCUT2D eigenvalue weighted by Gasteiger charge is -2.21. The van der Waals surface area contributed by atoms with E-state index in [2.05, 4.69) is 49.2 Å². The number of aromatic nitrogens is 2. The van der Waals surface area contributed by atoms with Crippen molar-refractivity contribution in [2.24, 2.45) is 0 Å². The number of benzene rings is 1. The molecule has 0 aliphatic rings. The lowest BCUT2D eigenvalue weighted by Crippen LogP contribution is -2.14. The molecule has 0 amide bonds. The lowest BCUT2D eigenvalue weighted by molar-refractivity contribution is 0.592. The van der Waals surface area contributed by atoms with E-state index in [1.807, 2.05) is 6.07 Å². The maximum Gasteiger partial charge on any atom is 0.0490 e. The van der Waals surface area contributed by atoms with Crippen molar-refractivity contribution in [2.45, 2.75) is 32.6 Å². The van der Waals surface area contributed by atoms with Crippen LogP contribution in [-0.2, 0) is 11.8 Å². The summed E-state index contributed by atoms with van der Waals surface area (Å²) in [6.45, 7) is 6.52. The molecule has 0 bridgehead atoms. The number of nitrogen functional groups attached to an aromatic ring is 1. The minimum absolute atomic E-state index is 0.0938. The monoisotopic (exact) mass is 229 g/mol. The second-order valence-electron chi connectivity index (χ2n) is 5.43. The first kappa shape index (κ1) is 11.7. The van der Waals surface area contributed by atoms with E-state index in [0.717, 1.165) is 17.8 Å². The van der Waals surface area contributed by atoms with Gasteiger partial charge in [-0.1, -0.05) is 32.9 Å². The van der Waals surface area contributed by atoms with E-state index in [9.17, 15) is 0 Å². The van der Waals surface area contributed by atoms with E-state index >= 15 is 0 Å². The minimum atomic E-state index is 0.0938. The average Bonchev–Trinajstić information content (AvgIpc) is 2.68. The van der Waals surface area contributed by atoms with Gasteiger partial charge in [-0.3, -0.25) is 5.10 Å². The number of nitrogens with one attached hydrogen (secondary N) is 1. The van der Waals surface area contributed by atoms with Gasteiger partial charge in [0.2, 0.25) is 0 Å². The van der Waals surface area contributed by atoms with Crippen molar-refractivity contribution in [3.8, 4) is 0 Å². The number of H-pyrrole nitrogens is 1. The van der Waals surface area contributed by atoms with Crippen LogP contribution in [0.2, 0.25) is 0 Å². The van der Waals surface area contributed by atoms with Crippen LogP contribution in [0.25, 0.3) is 0 Å². The molecular weight excluding hydrogens is 210 g/mol. The van der Waals surface area contributed by atoms with Gasteiger partial charge in [0.1, 0.15) is 0 Å². The van der Waals surface area contributed by atoms with Crippen LogP contribution in [0.1, 0.15) is 37.6 Å². The van der Waals surface area contributed by atoms with Crippen molar-refractivity contribution >= 4 is 5.69 Å². The predicted molar refractivity (Wildman–Crippen MR) is 70.9 cm³/mol. The standard InChI is InChI=1S/C14H19N3/c1-14(2,3)12-5-4-10(9-13(12)15)8-11-6-7-16-17-11/h4-7,9H,8,15H2,1-3H3,(H,16,17). The molecule has 0 aliphatic carbocycles. The van der Waals surface area contributed by atoms with Gasteiger partial charge in [-0.25, -0.2) is 0 Å². The van der Waals surface area contributed by atoms with Gasteiger partial charge in [0.05, 0.1) is 0 Å². The quantitative estimate of drug-likeness (QED) is 0.778. The molecule has 3 heteroatoms. The van der Waals surface area contributed by atoms with E-state index in [0.29, 0.717) is 0 Å². The van der Waals surface area contributed by atoms with Gasteiger partial charge in [0.25, 0.3) is 0 Å². The summed E-state index contributed by atoms with van der Waals surface area (Å²) >= 11 is 0. The summed E-state index contributed by atoms with van der Waals surface area (Å²) in [4.78, 5) is 0. The van der Waals surface area contributed by atoms with E-state index in [1.165, 1.54) is 11.1 Å². The van der Waals surface area contributed by atoms with E-state index in [-0.39, 0.29) is 5.41 Å². The van der Waals surface area contributed by atoms with E-state index in [4.69, 9.17) is 5.73 Å². The fraction of sp³-hybridized carbons (Fsp3) is 0.357. The largest absolute Gasteiger partial charge is 0.398 e. The van der Waals surface area contributed by atoms with Crippen molar-refractivity contribution in [1.82, 2.24) is 10.2 Å². The van der Waals surface area contributed by atoms with Crippen LogP contribution in [0, 0.1) is 0 Å². The molecule has 3 N–H and O–H groups in total. The fourth-order valence-corrected chi connectivity index (χ4v) is 2.01. The fourth-order valence-electron chi connectivity index (χ4n) is 2.01. The summed E-state index contributed by atoms with van der Waals surface area (Å²) in [5.41, 5.74) is 10.6. The number of anilines is 1. The average molecular weight is 229 g/mol. The molecule has 1 aromatic carbocycles. The summed E-state index contributed by atoms with van der Waals surface area (Å²) in [6, 6.07) is 8.30. The van der Waals surface area contributed by atoms with Crippen LogP contribution >= 0.6 is 0 Å². The Hall–Kier alpha value is -1.77. The maximum absolute atomic E-state index is 6.11. The van der Waals surface area contributed by atoms with Gasteiger partial charge < -0.3 is 5.73 Å². The molecule has 0 radical (unpaired) electrons. The first-order valence-electron chi connectivity index (χ1n) is 5.84. The summed E-state index contributed by atoms with van der Waals surface area (Å²) in [5, 5.41) is 6.90. The van der Waals surface area contributed by atoms with Crippen molar-refractivity contribution in [2.75, 3.05) is 5.73 Å². The highest BCUT2D eigenvalue weighted by Gasteiger charge is 2.16. The smallest absolute Gasteiger partial charge is 0.0490 e. The molecule has 0 fully saturated rings. The molecule has 0 saturated heterocycles. The van der Waals surface area contributed by atoms with Gasteiger partial charge >= 0.3 is 0 Å². The second-order valence-corrected chi connectivity index (χ2v) is 5.43. The maximum atomic E-state index is 6.11. The Morgan fingerprint density at radius 1 is 1.24 bits per heavy atom. The van der Waals surface area contributed by atoms with Gasteiger partial charge in [-0.2, -0.15) is 5.10 Å². The first-order valence-corrected chi connectivity index (χ1v) is 5.84. The lowest BCUT2D eigenvalue weighted by atomic mass is 9.85. The Morgan fingerprint density at radius 3 is 2.53 bits per heavy atom. The highest BCUT2D eigenvalue weighted by Crippen LogP contribution is 2.28. The Labute approximate surface area is 102 Å². The van der Waals surface area contributed by atoms with Crippen LogP contribution in [0.4, 0.5) is 5.69 Å². The third kappa shape index (κ3) is 2.67. The normalized spacial score (nSPS) is 11.7. The molecule has 0 aliphatic heterocycles. The molecule has 0 atom stereocenters. The third-order valence-electron chi connectivity index (χ3n) is 2.88. The van der Waals surface area contributed by atoms with Crippen molar-refractivity contribution in [3.63, 3.8) is 0 Å². The topological polar surface area (TPSA) is 54.7 Å². The first-order chi connectivity index (χ1) is 7.97. The van der Waals surface area contributed by atoms with E-state index < -0.39 is 0 Å². The van der Waals surface area contributed by atoms with Crippen LogP contribution in [0.15, 0.2) is 30.5 Å². The van der Waals surface area contributed by atoms with Crippen molar-refractivity contribution < 1.29 is 0 Å². The molecule has 0 saturated carbocycles. The number of nitrogens with zero attached hydrogens (tertiary/aromatic N) is 1. The molecule has 0 spiro atoms. The predicted octanol–water partition coefficient (Wildman–Crippen LogP) is 2.88. The Bertz CT molecular complexity index is 493. The minimum Gasteiger partial charge on any atom is -0.398 e. The zero-order valence-corrected chi connectivity index (χ0v) is 10.6. The molecule has 2 aromatic rings. The van der Waals surface area contributed by atoms with Crippen molar-refractivity contribution in [3.05, 3.63) is 47.3 Å². The molecule has 17 heavy (non-hydrogen) atoms. The Morgan fingerprint density at radius 2 is 2.00 bits per heavy atom.